The number of aromatic amines is 1. The van der Waals surface area contributed by atoms with Gasteiger partial charge in [-0.1, -0.05) is 18.2 Å². The van der Waals surface area contributed by atoms with E-state index in [0.717, 1.165) is 34.3 Å². The number of amides is 1. The zero-order chi connectivity index (χ0) is 21.5. The van der Waals surface area contributed by atoms with E-state index in [0.29, 0.717) is 25.6 Å². The van der Waals surface area contributed by atoms with Crippen molar-refractivity contribution in [1.82, 2.24) is 9.88 Å². The van der Waals surface area contributed by atoms with Crippen molar-refractivity contribution in [2.45, 2.75) is 19.1 Å². The Hall–Kier alpha value is -3.56. The van der Waals surface area contributed by atoms with Crippen molar-refractivity contribution in [3.05, 3.63) is 69.4 Å². The first-order valence-corrected chi connectivity index (χ1v) is 9.08. The van der Waals surface area contributed by atoms with Crippen molar-refractivity contribution in [2.24, 2.45) is 0 Å². The number of hydrogen-bond donors (Lipinski definition) is 1. The lowest BCUT2D eigenvalue weighted by atomic mass is 10.0. The zero-order valence-corrected chi connectivity index (χ0v) is 15.5. The number of carbonyl (C=O) groups excluding carboxylic acids is 1. The number of benzene rings is 2. The maximum atomic E-state index is 13.2. The normalized spacial score (nSPS) is 13.9. The van der Waals surface area contributed by atoms with Crippen molar-refractivity contribution < 1.29 is 27.6 Å². The molecule has 0 fully saturated rings. The van der Waals surface area contributed by atoms with Gasteiger partial charge in [0.25, 0.3) is 11.6 Å². The number of ether oxygens (including phenoxy) is 1. The topological polar surface area (TPSA) is 88.5 Å². The van der Waals surface area contributed by atoms with Gasteiger partial charge < -0.3 is 14.6 Å². The van der Waals surface area contributed by atoms with E-state index in [2.05, 4.69) is 4.98 Å². The van der Waals surface area contributed by atoms with E-state index in [1.807, 2.05) is 24.3 Å². The molecule has 0 unspecified atom stereocenters. The van der Waals surface area contributed by atoms with Crippen LogP contribution in [0.5, 0.6) is 5.75 Å². The summed E-state index contributed by atoms with van der Waals surface area (Å²) in [6.07, 6.45) is -4.25. The summed E-state index contributed by atoms with van der Waals surface area (Å²) < 4.78 is 44.9. The van der Waals surface area contributed by atoms with Gasteiger partial charge in [0.05, 0.1) is 4.92 Å². The molecule has 10 heteroatoms. The van der Waals surface area contributed by atoms with Crippen LogP contribution >= 0.6 is 0 Å². The minimum absolute atomic E-state index is 0.327. The second kappa shape index (κ2) is 7.36. The number of nitro benzene ring substituents is 1. The first-order valence-electron chi connectivity index (χ1n) is 9.08. The number of hydrogen-bond acceptors (Lipinski definition) is 4. The third-order valence-electron chi connectivity index (χ3n) is 5.07. The second-order valence-corrected chi connectivity index (χ2v) is 6.92. The fraction of sp³-hybridized carbons (Fsp3) is 0.250. The number of para-hydroxylation sites is 1. The van der Waals surface area contributed by atoms with Crippen LogP contribution in [0.15, 0.2) is 42.5 Å². The zero-order valence-electron chi connectivity index (χ0n) is 15.5. The second-order valence-electron chi connectivity index (χ2n) is 6.92. The number of carbonyl (C=O) groups is 1. The van der Waals surface area contributed by atoms with Crippen LogP contribution in [0, 0.1) is 10.1 Å². The predicted molar refractivity (Wildman–Crippen MR) is 101 cm³/mol. The van der Waals surface area contributed by atoms with Crippen LogP contribution in [0.4, 0.5) is 18.9 Å². The van der Waals surface area contributed by atoms with Gasteiger partial charge in [0.1, 0.15) is 11.3 Å². The smallest absolute Gasteiger partial charge is 0.420 e. The van der Waals surface area contributed by atoms with Gasteiger partial charge in [-0.2, -0.15) is 13.2 Å². The molecule has 0 aliphatic carbocycles. The fourth-order valence-corrected chi connectivity index (χ4v) is 3.59. The highest BCUT2D eigenvalue weighted by molar-refractivity contribution is 5.86. The fourth-order valence-electron chi connectivity index (χ4n) is 3.59. The average molecular weight is 419 g/mol. The van der Waals surface area contributed by atoms with Crippen molar-refractivity contribution in [1.29, 1.82) is 0 Å². The lowest BCUT2D eigenvalue weighted by molar-refractivity contribution is -0.385. The summed E-state index contributed by atoms with van der Waals surface area (Å²) in [6, 6.07) is 9.87. The Morgan fingerprint density at radius 2 is 2.00 bits per heavy atom. The van der Waals surface area contributed by atoms with Gasteiger partial charge in [-0.25, -0.2) is 0 Å². The van der Waals surface area contributed by atoms with E-state index in [1.165, 1.54) is 4.90 Å². The van der Waals surface area contributed by atoms with E-state index in [4.69, 9.17) is 4.74 Å². The third kappa shape index (κ3) is 3.68. The number of rotatable bonds is 4. The summed E-state index contributed by atoms with van der Waals surface area (Å²) in [5, 5.41) is 11.8. The van der Waals surface area contributed by atoms with E-state index in [-0.39, 0.29) is 0 Å². The molecule has 2 aromatic carbocycles. The molecule has 156 valence electrons. The van der Waals surface area contributed by atoms with Crippen LogP contribution < -0.4 is 4.74 Å². The van der Waals surface area contributed by atoms with E-state index in [1.54, 1.807) is 0 Å². The molecule has 1 amide bonds. The molecule has 4 rings (SSSR count). The molecule has 0 spiro atoms. The molecule has 0 saturated carbocycles. The molecule has 2 heterocycles. The van der Waals surface area contributed by atoms with Gasteiger partial charge >= 0.3 is 6.18 Å². The molecular formula is C20H16F3N3O4. The van der Waals surface area contributed by atoms with Gasteiger partial charge in [0.2, 0.25) is 0 Å². The Morgan fingerprint density at radius 1 is 1.23 bits per heavy atom. The Balaban J connectivity index is 1.50. The van der Waals surface area contributed by atoms with Gasteiger partial charge in [0.15, 0.2) is 6.61 Å². The first kappa shape index (κ1) is 19.7. The van der Waals surface area contributed by atoms with E-state index >= 15 is 0 Å². The van der Waals surface area contributed by atoms with Gasteiger partial charge in [-0.3, -0.25) is 14.9 Å². The number of nitrogens with zero attached hydrogens (tertiary/aromatic N) is 2. The van der Waals surface area contributed by atoms with Gasteiger partial charge in [-0.15, -0.1) is 0 Å². The molecule has 0 bridgehead atoms. The van der Waals surface area contributed by atoms with Crippen molar-refractivity contribution >= 4 is 22.5 Å². The average Bonchev–Trinajstić information content (AvgIpc) is 3.09. The monoisotopic (exact) mass is 419 g/mol. The molecule has 1 N–H and O–H groups in total. The SMILES string of the molecule is O=C(COc1ccc([N+](=O)[O-])cc1C(F)(F)F)N1CCc2[nH]c3ccccc3c2C1. The number of halogens is 3. The quantitative estimate of drug-likeness (QED) is 0.510. The van der Waals surface area contributed by atoms with E-state index < -0.39 is 40.6 Å². The Bertz CT molecular complexity index is 1140. The third-order valence-corrected chi connectivity index (χ3v) is 5.07. The number of non-ortho nitro benzene ring substituents is 1. The number of nitrogens with one attached hydrogen (secondary N) is 1. The summed E-state index contributed by atoms with van der Waals surface area (Å²) in [6.45, 7) is 0.140. The van der Waals surface area contributed by atoms with Crippen LogP contribution in [0.3, 0.4) is 0 Å². The summed E-state index contributed by atoms with van der Waals surface area (Å²) in [5.74, 6) is -1.08. The number of fused-ring (bicyclic) bond motifs is 3. The molecule has 1 aliphatic heterocycles. The Labute approximate surface area is 168 Å². The molecule has 0 radical (unpaired) electrons. The highest BCUT2D eigenvalue weighted by Gasteiger charge is 2.36. The largest absolute Gasteiger partial charge is 0.483 e. The van der Waals surface area contributed by atoms with E-state index in [9.17, 15) is 28.1 Å². The molecule has 7 nitrogen and oxygen atoms in total. The van der Waals surface area contributed by atoms with Gasteiger partial charge in [0, 0.05) is 53.8 Å². The van der Waals surface area contributed by atoms with Crippen molar-refractivity contribution in [3.63, 3.8) is 0 Å². The van der Waals surface area contributed by atoms with Gasteiger partial charge in [-0.05, 0) is 12.1 Å². The number of nitro groups is 1. The Kier molecular flexibility index (Phi) is 4.84. The number of H-pyrrole nitrogens is 1. The van der Waals surface area contributed by atoms with Crippen molar-refractivity contribution in [2.75, 3.05) is 13.2 Å². The summed E-state index contributed by atoms with van der Waals surface area (Å²) in [5.41, 5.74) is 0.993. The molecule has 0 atom stereocenters. The van der Waals surface area contributed by atoms with Crippen LogP contribution in [0.2, 0.25) is 0 Å². The highest BCUT2D eigenvalue weighted by Crippen LogP contribution is 2.38. The van der Waals surface area contributed by atoms with Crippen molar-refractivity contribution in [3.8, 4) is 5.75 Å². The molecule has 0 saturated heterocycles. The van der Waals surface area contributed by atoms with Crippen LogP contribution in [-0.2, 0) is 23.9 Å². The molecule has 3 aromatic rings. The maximum Gasteiger partial charge on any atom is 0.420 e. The maximum absolute atomic E-state index is 13.2. The minimum Gasteiger partial charge on any atom is -0.483 e. The summed E-state index contributed by atoms with van der Waals surface area (Å²) >= 11 is 0. The summed E-state index contributed by atoms with van der Waals surface area (Å²) in [4.78, 5) is 27.3. The van der Waals surface area contributed by atoms with Crippen LogP contribution in [0.1, 0.15) is 16.8 Å². The van der Waals surface area contributed by atoms with Crippen LogP contribution in [0.25, 0.3) is 10.9 Å². The lowest BCUT2D eigenvalue weighted by Crippen LogP contribution is -2.38. The summed E-state index contributed by atoms with van der Waals surface area (Å²) in [7, 11) is 0. The van der Waals surface area contributed by atoms with Crippen LogP contribution in [-0.4, -0.2) is 33.9 Å². The molecular weight excluding hydrogens is 403 g/mol. The molecule has 1 aromatic heterocycles. The number of aromatic nitrogens is 1. The lowest BCUT2D eigenvalue weighted by Gasteiger charge is -2.27. The first-order chi connectivity index (χ1) is 14.2. The highest BCUT2D eigenvalue weighted by atomic mass is 19.4. The molecule has 30 heavy (non-hydrogen) atoms. The Morgan fingerprint density at radius 3 is 2.73 bits per heavy atom. The minimum atomic E-state index is -4.85. The number of alkyl halides is 3. The molecule has 1 aliphatic rings. The standard InChI is InChI=1S/C20H16F3N3O4/c21-20(22,23)15-9-12(26(28)29)5-6-18(15)30-11-19(27)25-8-7-17-14(10-25)13-3-1-2-4-16(13)24-17/h1-6,9,24H,7-8,10-11H2. The predicted octanol–water partition coefficient (Wildman–Crippen LogP) is 4.06.